The lowest BCUT2D eigenvalue weighted by atomic mass is 9.96. The summed E-state index contributed by atoms with van der Waals surface area (Å²) in [5.41, 5.74) is 2.18. The van der Waals surface area contributed by atoms with Gasteiger partial charge in [0, 0.05) is 29.9 Å². The molecule has 0 saturated heterocycles. The van der Waals surface area contributed by atoms with Gasteiger partial charge >= 0.3 is 0 Å². The Morgan fingerprint density at radius 1 is 1.16 bits per heavy atom. The summed E-state index contributed by atoms with van der Waals surface area (Å²) in [6, 6.07) is 13.2. The Balaban J connectivity index is 2.22. The summed E-state index contributed by atoms with van der Waals surface area (Å²) in [5.74, 6) is 1.14. The summed E-state index contributed by atoms with van der Waals surface area (Å²) in [6.45, 7) is 5.46. The molecule has 0 saturated carbocycles. The van der Waals surface area contributed by atoms with Crippen molar-refractivity contribution in [2.45, 2.75) is 20.8 Å². The zero-order valence-corrected chi connectivity index (χ0v) is 17.8. The van der Waals surface area contributed by atoms with Crippen molar-refractivity contribution in [1.29, 1.82) is 0 Å². The number of hydrogen-bond acceptors (Lipinski definition) is 6. The Labute approximate surface area is 180 Å². The summed E-state index contributed by atoms with van der Waals surface area (Å²) >= 11 is 0. The lowest BCUT2D eigenvalue weighted by Crippen LogP contribution is -2.11. The highest BCUT2D eigenvalue weighted by atomic mass is 16.7. The number of rotatable bonds is 8. The first-order valence-electron chi connectivity index (χ1n) is 9.62. The lowest BCUT2D eigenvalue weighted by Gasteiger charge is -2.14. The van der Waals surface area contributed by atoms with Crippen LogP contribution in [0.3, 0.4) is 0 Å². The third-order valence-electron chi connectivity index (χ3n) is 4.78. The Hall–Kier alpha value is -3.71. The molecule has 0 N–H and O–H groups in total. The van der Waals surface area contributed by atoms with E-state index in [0.717, 1.165) is 22.7 Å². The predicted octanol–water partition coefficient (Wildman–Crippen LogP) is 5.58. The van der Waals surface area contributed by atoms with Crippen molar-refractivity contribution >= 4 is 23.1 Å². The molecule has 31 heavy (non-hydrogen) atoms. The van der Waals surface area contributed by atoms with Crippen molar-refractivity contribution in [3.63, 3.8) is 0 Å². The first-order chi connectivity index (χ1) is 14.8. The van der Waals surface area contributed by atoms with Gasteiger partial charge in [0.15, 0.2) is 6.79 Å². The number of ketones is 1. The van der Waals surface area contributed by atoms with Gasteiger partial charge in [-0.3, -0.25) is 14.9 Å². The van der Waals surface area contributed by atoms with Crippen molar-refractivity contribution in [1.82, 2.24) is 0 Å². The molecule has 0 aliphatic rings. The van der Waals surface area contributed by atoms with Crippen LogP contribution in [0.15, 0.2) is 52.9 Å². The number of furan rings is 1. The van der Waals surface area contributed by atoms with Crippen molar-refractivity contribution in [2.24, 2.45) is 0 Å². The van der Waals surface area contributed by atoms with Gasteiger partial charge < -0.3 is 13.9 Å². The number of nitrogens with zero attached hydrogens (tertiary/aromatic N) is 1. The van der Waals surface area contributed by atoms with Gasteiger partial charge in [0.05, 0.1) is 4.92 Å². The molecule has 0 aliphatic heterocycles. The summed E-state index contributed by atoms with van der Waals surface area (Å²) in [5, 5.41) is 11.7. The van der Waals surface area contributed by atoms with Gasteiger partial charge in [-0.2, -0.15) is 0 Å². The van der Waals surface area contributed by atoms with Crippen molar-refractivity contribution in [3.8, 4) is 5.75 Å². The summed E-state index contributed by atoms with van der Waals surface area (Å²) < 4.78 is 16.3. The van der Waals surface area contributed by atoms with Crippen LogP contribution in [0, 0.1) is 24.0 Å². The summed E-state index contributed by atoms with van der Waals surface area (Å²) in [4.78, 5) is 24.4. The van der Waals surface area contributed by atoms with Crippen LogP contribution in [-0.2, 0) is 4.74 Å². The van der Waals surface area contributed by atoms with Crippen LogP contribution < -0.4 is 4.74 Å². The molecule has 1 heterocycles. The fraction of sp³-hybridized carbons (Fsp3) is 0.208. The minimum Gasteiger partial charge on any atom is -0.466 e. The average Bonchev–Trinajstić information content (AvgIpc) is 3.10. The van der Waals surface area contributed by atoms with E-state index in [4.69, 9.17) is 13.9 Å². The molecule has 7 nitrogen and oxygen atoms in total. The maximum absolute atomic E-state index is 13.3. The van der Waals surface area contributed by atoms with Crippen LogP contribution >= 0.6 is 0 Å². The van der Waals surface area contributed by atoms with Gasteiger partial charge in [-0.15, -0.1) is 0 Å². The number of nitro groups is 1. The first kappa shape index (κ1) is 22.0. The van der Waals surface area contributed by atoms with Gasteiger partial charge in [-0.05, 0) is 44.6 Å². The maximum atomic E-state index is 13.3. The normalized spacial score (nSPS) is 11.4. The Bertz CT molecular complexity index is 1140. The van der Waals surface area contributed by atoms with Gasteiger partial charge in [0.25, 0.3) is 5.69 Å². The molecule has 0 atom stereocenters. The zero-order chi connectivity index (χ0) is 22.5. The molecule has 0 radical (unpaired) electrons. The minimum absolute atomic E-state index is 0.0992. The first-order valence-corrected chi connectivity index (χ1v) is 9.62. The van der Waals surface area contributed by atoms with E-state index in [1.807, 2.05) is 32.9 Å². The van der Waals surface area contributed by atoms with E-state index in [9.17, 15) is 14.9 Å². The highest BCUT2D eigenvalue weighted by molar-refractivity contribution is 6.14. The molecule has 160 valence electrons. The third kappa shape index (κ3) is 4.73. The number of allylic oxidation sites excluding steroid dienone is 1. The Kier molecular flexibility index (Phi) is 6.67. The number of benzene rings is 2. The van der Waals surface area contributed by atoms with Crippen LogP contribution in [0.1, 0.15) is 45.5 Å². The van der Waals surface area contributed by atoms with Crippen molar-refractivity contribution in [2.75, 3.05) is 13.9 Å². The van der Waals surface area contributed by atoms with Crippen LogP contribution in [0.25, 0.3) is 11.6 Å². The predicted molar refractivity (Wildman–Crippen MR) is 117 cm³/mol. The molecule has 2 aromatic carbocycles. The second-order valence-electron chi connectivity index (χ2n) is 7.04. The molecular weight excluding hydrogens is 398 g/mol. The van der Waals surface area contributed by atoms with E-state index in [-0.39, 0.29) is 23.8 Å². The number of nitro benzene ring substituents is 1. The second kappa shape index (κ2) is 9.40. The third-order valence-corrected chi connectivity index (χ3v) is 4.78. The topological polar surface area (TPSA) is 91.8 Å². The molecule has 0 fully saturated rings. The van der Waals surface area contributed by atoms with Gasteiger partial charge in [0.2, 0.25) is 5.78 Å². The highest BCUT2D eigenvalue weighted by Crippen LogP contribution is 2.37. The number of aryl methyl sites for hydroxylation is 2. The fourth-order valence-corrected chi connectivity index (χ4v) is 3.41. The van der Waals surface area contributed by atoms with E-state index in [2.05, 4.69) is 0 Å². The van der Waals surface area contributed by atoms with Gasteiger partial charge in [-0.1, -0.05) is 30.3 Å². The average molecular weight is 421 g/mol. The van der Waals surface area contributed by atoms with Crippen LogP contribution in [0.4, 0.5) is 5.69 Å². The molecule has 0 unspecified atom stereocenters. The number of carbonyl (C=O) groups is 1. The Morgan fingerprint density at radius 2 is 1.87 bits per heavy atom. The van der Waals surface area contributed by atoms with Crippen LogP contribution in [0.2, 0.25) is 0 Å². The van der Waals surface area contributed by atoms with Gasteiger partial charge in [-0.25, -0.2) is 0 Å². The quantitative estimate of drug-likeness (QED) is 0.204. The number of methoxy groups -OCH3 is 1. The van der Waals surface area contributed by atoms with Crippen LogP contribution in [-0.4, -0.2) is 24.6 Å². The molecule has 0 aliphatic carbocycles. The molecule has 1 aromatic heterocycles. The SMILES string of the molecule is COCOc1c(/C=C(\C)c2cc(C)oc2C)ccc([N+](=O)[O-])c1C(=O)c1ccccc1. The van der Waals surface area contributed by atoms with E-state index in [0.29, 0.717) is 11.1 Å². The molecule has 3 rings (SSSR count). The summed E-state index contributed by atoms with van der Waals surface area (Å²) in [6.07, 6.45) is 1.81. The van der Waals surface area contributed by atoms with Crippen LogP contribution in [0.5, 0.6) is 5.75 Å². The molecule has 0 spiro atoms. The smallest absolute Gasteiger partial charge is 0.284 e. The van der Waals surface area contributed by atoms with E-state index >= 15 is 0 Å². The fourth-order valence-electron chi connectivity index (χ4n) is 3.41. The Morgan fingerprint density at radius 3 is 2.45 bits per heavy atom. The summed E-state index contributed by atoms with van der Waals surface area (Å²) in [7, 11) is 1.44. The highest BCUT2D eigenvalue weighted by Gasteiger charge is 2.28. The molecule has 0 amide bonds. The monoisotopic (exact) mass is 421 g/mol. The van der Waals surface area contributed by atoms with Crippen molar-refractivity contribution in [3.05, 3.63) is 92.4 Å². The number of ether oxygens (including phenoxy) is 2. The molecular formula is C24H23NO6. The molecule has 0 bridgehead atoms. The second-order valence-corrected chi connectivity index (χ2v) is 7.04. The zero-order valence-electron chi connectivity index (χ0n) is 17.8. The largest absolute Gasteiger partial charge is 0.466 e. The number of carbonyl (C=O) groups excluding carboxylic acids is 1. The minimum atomic E-state index is -0.584. The van der Waals surface area contributed by atoms with E-state index in [1.54, 1.807) is 36.4 Å². The van der Waals surface area contributed by atoms with Crippen molar-refractivity contribution < 1.29 is 23.6 Å². The number of hydrogen-bond donors (Lipinski definition) is 0. The van der Waals surface area contributed by atoms with Gasteiger partial charge in [0.1, 0.15) is 22.8 Å². The standard InChI is InChI=1S/C24H23NO6/c1-15(20-13-16(2)31-17(20)3)12-19-10-11-21(25(27)28)22(24(19)30-14-29-4)23(26)18-8-6-5-7-9-18/h5-13H,14H2,1-4H3/b15-12+. The lowest BCUT2D eigenvalue weighted by molar-refractivity contribution is -0.385. The maximum Gasteiger partial charge on any atom is 0.284 e. The molecule has 3 aromatic rings. The molecule has 7 heteroatoms. The van der Waals surface area contributed by atoms with E-state index in [1.165, 1.54) is 13.2 Å². The van der Waals surface area contributed by atoms with E-state index < -0.39 is 10.7 Å².